The summed E-state index contributed by atoms with van der Waals surface area (Å²) in [5, 5.41) is 11.6. The summed E-state index contributed by atoms with van der Waals surface area (Å²) < 4.78 is 0. The molecule has 3 aromatic rings. The molecule has 4 heteroatoms. The third kappa shape index (κ3) is 3.98. The first-order chi connectivity index (χ1) is 15.3. The number of amides is 1. The first-order valence-electron chi connectivity index (χ1n) is 11.1. The number of carbonyl (C=O) groups is 2. The molecule has 164 valence electrons. The van der Waals surface area contributed by atoms with Crippen LogP contribution in [0.15, 0.2) is 72.8 Å². The van der Waals surface area contributed by atoms with E-state index in [1.54, 1.807) is 17.0 Å². The molecule has 32 heavy (non-hydrogen) atoms. The normalized spacial score (nSPS) is 17.7. The second-order valence-corrected chi connectivity index (χ2v) is 8.90. The minimum atomic E-state index is -1.86. The first-order valence-corrected chi connectivity index (χ1v) is 11.1. The summed E-state index contributed by atoms with van der Waals surface area (Å²) in [4.78, 5) is 28.4. The number of benzene rings is 3. The Balaban J connectivity index is 1.63. The van der Waals surface area contributed by atoms with E-state index in [0.29, 0.717) is 29.8 Å². The van der Waals surface area contributed by atoms with Crippen LogP contribution in [0.3, 0.4) is 0 Å². The van der Waals surface area contributed by atoms with Crippen LogP contribution in [0, 0.1) is 6.92 Å². The number of aryl methyl sites for hydroxylation is 1. The van der Waals surface area contributed by atoms with E-state index in [9.17, 15) is 14.7 Å². The molecule has 0 aliphatic carbocycles. The third-order valence-electron chi connectivity index (χ3n) is 6.35. The van der Waals surface area contributed by atoms with Crippen molar-refractivity contribution in [3.05, 3.63) is 101 Å². The Hall–Kier alpha value is -3.24. The van der Waals surface area contributed by atoms with Crippen LogP contribution in [0.25, 0.3) is 0 Å². The van der Waals surface area contributed by atoms with Gasteiger partial charge in [-0.3, -0.25) is 9.59 Å². The van der Waals surface area contributed by atoms with Crippen molar-refractivity contribution in [1.82, 2.24) is 0 Å². The van der Waals surface area contributed by atoms with Gasteiger partial charge in [0.2, 0.25) is 0 Å². The minimum absolute atomic E-state index is 0.222. The smallest absolute Gasteiger partial charge is 0.264 e. The molecule has 0 radical (unpaired) electrons. The molecule has 1 aliphatic heterocycles. The largest absolute Gasteiger partial charge is 0.375 e. The summed E-state index contributed by atoms with van der Waals surface area (Å²) in [5.74, 6) is -0.367. The van der Waals surface area contributed by atoms with Gasteiger partial charge in [-0.25, -0.2) is 0 Å². The van der Waals surface area contributed by atoms with Gasteiger partial charge in [-0.15, -0.1) is 0 Å². The topological polar surface area (TPSA) is 57.6 Å². The van der Waals surface area contributed by atoms with Crippen LogP contribution in [0.1, 0.15) is 58.8 Å². The summed E-state index contributed by atoms with van der Waals surface area (Å²) in [6.45, 7) is 6.48. The molecule has 3 aromatic carbocycles. The van der Waals surface area contributed by atoms with Gasteiger partial charge in [-0.1, -0.05) is 74.5 Å². The number of nitrogens with zero attached hydrogens (tertiary/aromatic N) is 1. The van der Waals surface area contributed by atoms with Gasteiger partial charge in [-0.2, -0.15) is 0 Å². The van der Waals surface area contributed by atoms with Crippen LogP contribution < -0.4 is 4.90 Å². The first kappa shape index (κ1) is 22.0. The number of carbonyl (C=O) groups excluding carboxylic acids is 2. The predicted molar refractivity (Wildman–Crippen MR) is 127 cm³/mol. The zero-order chi connectivity index (χ0) is 22.9. The van der Waals surface area contributed by atoms with E-state index in [0.717, 1.165) is 16.7 Å². The maximum Gasteiger partial charge on any atom is 0.264 e. The van der Waals surface area contributed by atoms with E-state index >= 15 is 0 Å². The molecule has 0 spiro atoms. The maximum absolute atomic E-state index is 13.5. The molecule has 1 atom stereocenters. The SMILES string of the molecule is Cc1ccc(C(C)C)cc1C(=O)C[C@]1(O)C(=O)N(CCc2ccccc2)c2ccccc21. The third-order valence-corrected chi connectivity index (χ3v) is 6.35. The van der Waals surface area contributed by atoms with Crippen molar-refractivity contribution in [3.8, 4) is 0 Å². The number of fused-ring (bicyclic) bond motifs is 1. The van der Waals surface area contributed by atoms with Crippen molar-refractivity contribution in [3.63, 3.8) is 0 Å². The standard InChI is InChI=1S/C28H29NO3/c1-19(2)22-14-13-20(3)23(17-22)26(30)18-28(32)24-11-7-8-12-25(24)29(27(28)31)16-15-21-9-5-4-6-10-21/h4-14,17,19,32H,15-16,18H2,1-3H3/t28-/m1/s1. The number of ketones is 1. The lowest BCUT2D eigenvalue weighted by atomic mass is 9.86. The lowest BCUT2D eigenvalue weighted by Gasteiger charge is -2.23. The molecule has 4 rings (SSSR count). The van der Waals surface area contributed by atoms with Gasteiger partial charge >= 0.3 is 0 Å². The second kappa shape index (κ2) is 8.71. The molecule has 0 saturated carbocycles. The monoisotopic (exact) mass is 427 g/mol. The Labute approximate surface area is 189 Å². The Morgan fingerprint density at radius 3 is 2.41 bits per heavy atom. The Bertz CT molecular complexity index is 1150. The van der Waals surface area contributed by atoms with Crippen LogP contribution in [-0.2, 0) is 16.8 Å². The van der Waals surface area contributed by atoms with Crippen molar-refractivity contribution in [1.29, 1.82) is 0 Å². The van der Waals surface area contributed by atoms with Crippen molar-refractivity contribution in [2.24, 2.45) is 0 Å². The highest BCUT2D eigenvalue weighted by molar-refractivity contribution is 6.11. The second-order valence-electron chi connectivity index (χ2n) is 8.90. The summed E-state index contributed by atoms with van der Waals surface area (Å²) in [6.07, 6.45) is 0.396. The number of aliphatic hydroxyl groups is 1. The van der Waals surface area contributed by atoms with Gasteiger partial charge in [0.1, 0.15) is 0 Å². The molecular formula is C28H29NO3. The lowest BCUT2D eigenvalue weighted by molar-refractivity contribution is -0.135. The predicted octanol–water partition coefficient (Wildman–Crippen LogP) is 5.17. The van der Waals surface area contributed by atoms with Crippen molar-refractivity contribution >= 4 is 17.4 Å². The summed E-state index contributed by atoms with van der Waals surface area (Å²) >= 11 is 0. The van der Waals surface area contributed by atoms with Gasteiger partial charge in [-0.05, 0) is 48.1 Å². The molecule has 0 bridgehead atoms. The van der Waals surface area contributed by atoms with Crippen LogP contribution in [-0.4, -0.2) is 23.3 Å². The quantitative estimate of drug-likeness (QED) is 0.529. The Morgan fingerprint density at radius 1 is 1.00 bits per heavy atom. The highest BCUT2D eigenvalue weighted by atomic mass is 16.3. The fraction of sp³-hybridized carbons (Fsp3) is 0.286. The summed E-state index contributed by atoms with van der Waals surface area (Å²) in [6, 6.07) is 23.0. The maximum atomic E-state index is 13.5. The highest BCUT2D eigenvalue weighted by Gasteiger charge is 2.50. The molecule has 0 aromatic heterocycles. The van der Waals surface area contributed by atoms with E-state index in [-0.39, 0.29) is 18.1 Å². The highest BCUT2D eigenvalue weighted by Crippen LogP contribution is 2.43. The van der Waals surface area contributed by atoms with Gasteiger partial charge in [0.05, 0.1) is 12.1 Å². The zero-order valence-corrected chi connectivity index (χ0v) is 18.8. The van der Waals surface area contributed by atoms with E-state index in [4.69, 9.17) is 0 Å². The Morgan fingerprint density at radius 2 is 1.69 bits per heavy atom. The fourth-order valence-corrected chi connectivity index (χ4v) is 4.41. The number of hydrogen-bond donors (Lipinski definition) is 1. The number of Topliss-reactive ketones (excluding diaryl/α,β-unsaturated/α-hetero) is 1. The molecule has 1 aliphatic rings. The summed E-state index contributed by atoms with van der Waals surface area (Å²) in [7, 11) is 0. The zero-order valence-electron chi connectivity index (χ0n) is 18.8. The van der Waals surface area contributed by atoms with Crippen LogP contribution in [0.5, 0.6) is 0 Å². The van der Waals surface area contributed by atoms with E-state index in [1.165, 1.54) is 0 Å². The van der Waals surface area contributed by atoms with E-state index in [2.05, 4.69) is 13.8 Å². The average molecular weight is 428 g/mol. The van der Waals surface area contributed by atoms with Crippen molar-refractivity contribution in [2.75, 3.05) is 11.4 Å². The van der Waals surface area contributed by atoms with Gasteiger partial charge in [0.25, 0.3) is 5.91 Å². The van der Waals surface area contributed by atoms with Crippen LogP contribution in [0.4, 0.5) is 5.69 Å². The number of anilines is 1. The number of rotatable bonds is 7. The van der Waals surface area contributed by atoms with Gasteiger partial charge < -0.3 is 10.0 Å². The van der Waals surface area contributed by atoms with Crippen LogP contribution >= 0.6 is 0 Å². The van der Waals surface area contributed by atoms with Crippen LogP contribution in [0.2, 0.25) is 0 Å². The molecule has 0 saturated heterocycles. The molecule has 0 unspecified atom stereocenters. The van der Waals surface area contributed by atoms with Crippen molar-refractivity contribution < 1.29 is 14.7 Å². The van der Waals surface area contributed by atoms with E-state index < -0.39 is 11.5 Å². The van der Waals surface area contributed by atoms with Gasteiger partial charge in [0, 0.05) is 17.7 Å². The molecule has 0 fully saturated rings. The lowest BCUT2D eigenvalue weighted by Crippen LogP contribution is -2.42. The minimum Gasteiger partial charge on any atom is -0.375 e. The molecule has 1 heterocycles. The van der Waals surface area contributed by atoms with Gasteiger partial charge in [0.15, 0.2) is 11.4 Å². The molecule has 1 N–H and O–H groups in total. The summed E-state index contributed by atoms with van der Waals surface area (Å²) in [5.41, 5.74) is 2.92. The number of hydrogen-bond acceptors (Lipinski definition) is 3. The molecule has 1 amide bonds. The molecular weight excluding hydrogens is 398 g/mol. The molecule has 4 nitrogen and oxygen atoms in total. The van der Waals surface area contributed by atoms with Crippen molar-refractivity contribution in [2.45, 2.75) is 45.1 Å². The Kier molecular flexibility index (Phi) is 5.98. The number of para-hydroxylation sites is 1. The fourth-order valence-electron chi connectivity index (χ4n) is 4.41. The average Bonchev–Trinajstić information content (AvgIpc) is 3.00. The van der Waals surface area contributed by atoms with E-state index in [1.807, 2.05) is 67.6 Å².